The van der Waals surface area contributed by atoms with Crippen LogP contribution in [0.3, 0.4) is 0 Å². The summed E-state index contributed by atoms with van der Waals surface area (Å²) in [6.45, 7) is 2.61. The molecule has 1 aromatic carbocycles. The van der Waals surface area contributed by atoms with E-state index in [-0.39, 0.29) is 17.5 Å². The zero-order valence-electron chi connectivity index (χ0n) is 10.8. The number of fused-ring (bicyclic) bond motifs is 1. The number of hydrogen-bond acceptors (Lipinski definition) is 3. The Morgan fingerprint density at radius 1 is 1.47 bits per heavy atom. The van der Waals surface area contributed by atoms with Crippen molar-refractivity contribution in [2.24, 2.45) is 11.8 Å². The predicted molar refractivity (Wildman–Crippen MR) is 71.0 cm³/mol. The maximum absolute atomic E-state index is 12.4. The van der Waals surface area contributed by atoms with Crippen molar-refractivity contribution >= 4 is 17.3 Å². The molecule has 1 saturated carbocycles. The predicted octanol–water partition coefficient (Wildman–Crippen LogP) is 2.53. The first-order valence-electron chi connectivity index (χ1n) is 6.66. The van der Waals surface area contributed by atoms with Gasteiger partial charge in [0.15, 0.2) is 0 Å². The number of amides is 1. The van der Waals surface area contributed by atoms with Gasteiger partial charge in [-0.1, -0.05) is 13.0 Å². The van der Waals surface area contributed by atoms with Crippen LogP contribution in [-0.2, 0) is 11.2 Å². The van der Waals surface area contributed by atoms with E-state index in [9.17, 15) is 14.9 Å². The highest BCUT2D eigenvalue weighted by atomic mass is 16.6. The maximum Gasteiger partial charge on any atom is 0.271 e. The zero-order chi connectivity index (χ0) is 13.6. The minimum absolute atomic E-state index is 0.0326. The summed E-state index contributed by atoms with van der Waals surface area (Å²) in [5, 5.41) is 10.8. The second-order valence-corrected chi connectivity index (χ2v) is 5.44. The topological polar surface area (TPSA) is 63.5 Å². The van der Waals surface area contributed by atoms with E-state index in [0.29, 0.717) is 12.5 Å². The third kappa shape index (κ3) is 2.09. The Kier molecular flexibility index (Phi) is 2.77. The molecule has 1 heterocycles. The first-order chi connectivity index (χ1) is 9.08. The van der Waals surface area contributed by atoms with E-state index < -0.39 is 4.92 Å². The number of nitrogens with zero attached hydrogens (tertiary/aromatic N) is 2. The van der Waals surface area contributed by atoms with Crippen molar-refractivity contribution in [2.45, 2.75) is 26.2 Å². The molecule has 100 valence electrons. The van der Waals surface area contributed by atoms with Gasteiger partial charge in [-0.25, -0.2) is 0 Å². The lowest BCUT2D eigenvalue weighted by Crippen LogP contribution is -2.34. The first kappa shape index (κ1) is 12.1. The van der Waals surface area contributed by atoms with Crippen molar-refractivity contribution < 1.29 is 9.72 Å². The zero-order valence-corrected chi connectivity index (χ0v) is 10.8. The summed E-state index contributed by atoms with van der Waals surface area (Å²) >= 11 is 0. The Hall–Kier alpha value is -1.91. The summed E-state index contributed by atoms with van der Waals surface area (Å²) in [6, 6.07) is 4.81. The molecule has 0 bridgehead atoms. The van der Waals surface area contributed by atoms with Crippen LogP contribution in [0.4, 0.5) is 11.4 Å². The van der Waals surface area contributed by atoms with E-state index in [1.54, 1.807) is 11.0 Å². The molecule has 1 atom stereocenters. The van der Waals surface area contributed by atoms with Gasteiger partial charge in [-0.15, -0.1) is 0 Å². The fourth-order valence-electron chi connectivity index (χ4n) is 2.75. The molecule has 0 radical (unpaired) electrons. The van der Waals surface area contributed by atoms with Gasteiger partial charge in [0.2, 0.25) is 5.91 Å². The van der Waals surface area contributed by atoms with Crippen LogP contribution in [0.2, 0.25) is 0 Å². The van der Waals surface area contributed by atoms with Gasteiger partial charge < -0.3 is 4.90 Å². The molecule has 5 heteroatoms. The van der Waals surface area contributed by atoms with Gasteiger partial charge in [-0.2, -0.15) is 0 Å². The maximum atomic E-state index is 12.4. The summed E-state index contributed by atoms with van der Waals surface area (Å²) in [4.78, 5) is 24.6. The lowest BCUT2D eigenvalue weighted by atomic mass is 10.0. The Morgan fingerprint density at radius 2 is 2.21 bits per heavy atom. The van der Waals surface area contributed by atoms with E-state index in [1.807, 2.05) is 6.92 Å². The second-order valence-electron chi connectivity index (χ2n) is 5.44. The molecule has 5 nitrogen and oxygen atoms in total. The van der Waals surface area contributed by atoms with Gasteiger partial charge in [0, 0.05) is 24.6 Å². The molecular formula is C14H16N2O3. The van der Waals surface area contributed by atoms with E-state index in [1.165, 1.54) is 12.1 Å². The largest absolute Gasteiger partial charge is 0.311 e. The number of rotatable bonds is 3. The molecule has 0 aromatic heterocycles. The van der Waals surface area contributed by atoms with Crippen LogP contribution < -0.4 is 4.90 Å². The molecular weight excluding hydrogens is 244 g/mol. The Bertz CT molecular complexity index is 552. The van der Waals surface area contributed by atoms with Gasteiger partial charge in [0.05, 0.1) is 10.6 Å². The number of hydrogen-bond donors (Lipinski definition) is 0. The third-order valence-corrected chi connectivity index (χ3v) is 4.16. The average molecular weight is 260 g/mol. The van der Waals surface area contributed by atoms with E-state index in [0.717, 1.165) is 30.5 Å². The van der Waals surface area contributed by atoms with E-state index in [2.05, 4.69) is 0 Å². The fraction of sp³-hybridized carbons (Fsp3) is 0.500. The van der Waals surface area contributed by atoms with E-state index in [4.69, 9.17) is 0 Å². The minimum Gasteiger partial charge on any atom is -0.311 e. The molecule has 2 aliphatic rings. The number of nitro groups is 1. The Labute approximate surface area is 111 Å². The second kappa shape index (κ2) is 4.33. The summed E-state index contributed by atoms with van der Waals surface area (Å²) < 4.78 is 0. The summed E-state index contributed by atoms with van der Waals surface area (Å²) in [5.41, 5.74) is 1.81. The van der Waals surface area contributed by atoms with Crippen molar-refractivity contribution in [3.63, 3.8) is 0 Å². The number of non-ortho nitro benzene ring substituents is 1. The Balaban J connectivity index is 1.89. The molecule has 1 fully saturated rings. The van der Waals surface area contributed by atoms with Gasteiger partial charge >= 0.3 is 0 Å². The number of carbonyl (C=O) groups is 1. The summed E-state index contributed by atoms with van der Waals surface area (Å²) in [7, 11) is 0. The van der Waals surface area contributed by atoms with Gasteiger partial charge in [0.1, 0.15) is 0 Å². The normalized spacial score (nSPS) is 19.1. The third-order valence-electron chi connectivity index (χ3n) is 4.16. The van der Waals surface area contributed by atoms with Crippen molar-refractivity contribution in [3.8, 4) is 0 Å². The van der Waals surface area contributed by atoms with Crippen molar-refractivity contribution in [1.82, 2.24) is 0 Å². The molecule has 1 aromatic rings. The molecule has 0 spiro atoms. The average Bonchev–Trinajstić information content (AvgIpc) is 3.16. The molecule has 1 amide bonds. The van der Waals surface area contributed by atoms with Crippen LogP contribution in [0.15, 0.2) is 18.2 Å². The van der Waals surface area contributed by atoms with Crippen LogP contribution in [0.25, 0.3) is 0 Å². The van der Waals surface area contributed by atoms with Gasteiger partial charge in [-0.05, 0) is 30.7 Å². The van der Waals surface area contributed by atoms with Crippen LogP contribution in [-0.4, -0.2) is 17.4 Å². The molecule has 3 rings (SSSR count). The molecule has 0 saturated heterocycles. The number of nitro benzene ring substituents is 1. The molecule has 1 aliphatic heterocycles. The number of benzene rings is 1. The highest BCUT2D eigenvalue weighted by Gasteiger charge is 2.37. The molecule has 0 N–H and O–H groups in total. The first-order valence-corrected chi connectivity index (χ1v) is 6.66. The summed E-state index contributed by atoms with van der Waals surface area (Å²) in [5.74, 6) is 0.655. The fourth-order valence-corrected chi connectivity index (χ4v) is 2.75. The monoisotopic (exact) mass is 260 g/mol. The van der Waals surface area contributed by atoms with Crippen molar-refractivity contribution in [2.75, 3.05) is 11.4 Å². The van der Waals surface area contributed by atoms with E-state index >= 15 is 0 Å². The number of carbonyl (C=O) groups excluding carboxylic acids is 1. The van der Waals surface area contributed by atoms with Crippen LogP contribution in [0.1, 0.15) is 25.3 Å². The molecule has 19 heavy (non-hydrogen) atoms. The summed E-state index contributed by atoms with van der Waals surface area (Å²) in [6.07, 6.45) is 3.04. The number of anilines is 1. The van der Waals surface area contributed by atoms with Crippen LogP contribution in [0, 0.1) is 22.0 Å². The van der Waals surface area contributed by atoms with Crippen LogP contribution >= 0.6 is 0 Å². The SMILES string of the molecule is CC(C(=O)N1CCc2ccc([N+](=O)[O-])cc21)C1CC1. The highest BCUT2D eigenvalue weighted by Crippen LogP contribution is 2.40. The highest BCUT2D eigenvalue weighted by molar-refractivity contribution is 5.97. The molecule has 1 aliphatic carbocycles. The van der Waals surface area contributed by atoms with Crippen molar-refractivity contribution in [1.29, 1.82) is 0 Å². The lowest BCUT2D eigenvalue weighted by molar-refractivity contribution is -0.384. The van der Waals surface area contributed by atoms with Crippen LogP contribution in [0.5, 0.6) is 0 Å². The smallest absolute Gasteiger partial charge is 0.271 e. The Morgan fingerprint density at radius 3 is 2.84 bits per heavy atom. The molecule has 1 unspecified atom stereocenters. The van der Waals surface area contributed by atoms with Gasteiger partial charge in [-0.3, -0.25) is 14.9 Å². The standard InChI is InChI=1S/C14H16N2O3/c1-9(10-2-3-10)14(17)15-7-6-11-4-5-12(16(18)19)8-13(11)15/h4-5,8-10H,2-3,6-7H2,1H3. The van der Waals surface area contributed by atoms with Crippen molar-refractivity contribution in [3.05, 3.63) is 33.9 Å². The lowest BCUT2D eigenvalue weighted by Gasteiger charge is -2.21. The minimum atomic E-state index is -0.411. The quantitative estimate of drug-likeness (QED) is 0.619. The van der Waals surface area contributed by atoms with Gasteiger partial charge in [0.25, 0.3) is 5.69 Å².